The largest absolute Gasteiger partial charge is 0.405 e. The first-order valence-electron chi connectivity index (χ1n) is 3.59. The quantitative estimate of drug-likeness (QED) is 0.658. The van der Waals surface area contributed by atoms with Crippen molar-refractivity contribution < 1.29 is 18.0 Å². The number of rotatable bonds is 3. The molecule has 1 atom stereocenters. The Labute approximate surface area is 74.0 Å². The molecule has 2 N–H and O–H groups in total. The van der Waals surface area contributed by atoms with Gasteiger partial charge in [0.2, 0.25) is 0 Å². The van der Waals surface area contributed by atoms with Gasteiger partial charge in [-0.25, -0.2) is 4.79 Å². The van der Waals surface area contributed by atoms with Crippen molar-refractivity contribution in [3.05, 3.63) is 12.7 Å². The summed E-state index contributed by atoms with van der Waals surface area (Å²) in [6, 6.07) is -1.21. The summed E-state index contributed by atoms with van der Waals surface area (Å²) in [5.74, 6) is 0. The van der Waals surface area contributed by atoms with Crippen LogP contribution in [0.4, 0.5) is 18.0 Å². The van der Waals surface area contributed by atoms with Crippen molar-refractivity contribution in [2.75, 3.05) is 6.54 Å². The van der Waals surface area contributed by atoms with Crippen LogP contribution in [-0.4, -0.2) is 24.8 Å². The number of nitrogens with one attached hydrogen (secondary N) is 2. The van der Waals surface area contributed by atoms with Crippen LogP contribution in [0.2, 0.25) is 0 Å². The van der Waals surface area contributed by atoms with Gasteiger partial charge in [-0.05, 0) is 6.92 Å². The first-order valence-corrected chi connectivity index (χ1v) is 3.59. The van der Waals surface area contributed by atoms with Gasteiger partial charge >= 0.3 is 12.2 Å². The first-order chi connectivity index (χ1) is 5.85. The van der Waals surface area contributed by atoms with Gasteiger partial charge in [0.05, 0.1) is 0 Å². The molecule has 0 aromatic carbocycles. The van der Waals surface area contributed by atoms with E-state index in [1.807, 2.05) is 0 Å². The summed E-state index contributed by atoms with van der Waals surface area (Å²) in [5.41, 5.74) is 0. The number of carbonyl (C=O) groups is 1. The van der Waals surface area contributed by atoms with Gasteiger partial charge in [-0.2, -0.15) is 13.2 Å². The van der Waals surface area contributed by atoms with E-state index in [0.29, 0.717) is 0 Å². The van der Waals surface area contributed by atoms with Gasteiger partial charge in [0.25, 0.3) is 0 Å². The zero-order chi connectivity index (χ0) is 10.5. The molecule has 0 bridgehead atoms. The average molecular weight is 196 g/mol. The van der Waals surface area contributed by atoms with E-state index in [4.69, 9.17) is 0 Å². The molecule has 0 heterocycles. The molecule has 13 heavy (non-hydrogen) atoms. The molecule has 0 radical (unpaired) electrons. The zero-order valence-electron chi connectivity index (χ0n) is 7.11. The van der Waals surface area contributed by atoms with E-state index >= 15 is 0 Å². The molecule has 1 unspecified atom stereocenters. The topological polar surface area (TPSA) is 41.1 Å². The minimum absolute atomic E-state index is 0.353. The lowest BCUT2D eigenvalue weighted by Gasteiger charge is -2.11. The highest BCUT2D eigenvalue weighted by Gasteiger charge is 2.27. The van der Waals surface area contributed by atoms with Gasteiger partial charge in [-0.15, -0.1) is 6.58 Å². The van der Waals surface area contributed by atoms with Crippen molar-refractivity contribution in [3.63, 3.8) is 0 Å². The second-order valence-electron chi connectivity index (χ2n) is 2.47. The fourth-order valence-corrected chi connectivity index (χ4v) is 0.497. The van der Waals surface area contributed by atoms with E-state index in [1.165, 1.54) is 6.08 Å². The second kappa shape index (κ2) is 4.74. The summed E-state index contributed by atoms with van der Waals surface area (Å²) < 4.78 is 34.7. The second-order valence-corrected chi connectivity index (χ2v) is 2.47. The monoisotopic (exact) mass is 196 g/mol. The van der Waals surface area contributed by atoms with Crippen LogP contribution >= 0.6 is 0 Å². The Kier molecular flexibility index (Phi) is 4.30. The predicted molar refractivity (Wildman–Crippen MR) is 42.2 cm³/mol. The van der Waals surface area contributed by atoms with Gasteiger partial charge in [-0.3, -0.25) is 0 Å². The van der Waals surface area contributed by atoms with Crippen molar-refractivity contribution in [1.82, 2.24) is 10.6 Å². The zero-order valence-corrected chi connectivity index (χ0v) is 7.11. The standard InChI is InChI=1S/C7H11F3N2O/c1-3-5(2)12-6(13)11-4-7(8,9)10/h3,5H,1,4H2,2H3,(H2,11,12,13). The van der Waals surface area contributed by atoms with Crippen molar-refractivity contribution in [3.8, 4) is 0 Å². The maximum absolute atomic E-state index is 11.6. The molecule has 0 aromatic rings. The van der Waals surface area contributed by atoms with Crippen LogP contribution in [-0.2, 0) is 0 Å². The number of urea groups is 1. The molecular weight excluding hydrogens is 185 g/mol. The summed E-state index contributed by atoms with van der Waals surface area (Å²) in [6.07, 6.45) is -2.97. The van der Waals surface area contributed by atoms with Crippen LogP contribution in [0, 0.1) is 0 Å². The lowest BCUT2D eigenvalue weighted by molar-refractivity contribution is -0.122. The maximum atomic E-state index is 11.6. The highest BCUT2D eigenvalue weighted by Crippen LogP contribution is 2.11. The lowest BCUT2D eigenvalue weighted by atomic mass is 10.3. The number of hydrogen-bond donors (Lipinski definition) is 2. The Hall–Kier alpha value is -1.20. The van der Waals surface area contributed by atoms with Gasteiger partial charge in [0.1, 0.15) is 6.54 Å². The molecule has 0 aromatic heterocycles. The highest BCUT2D eigenvalue weighted by molar-refractivity contribution is 5.74. The Bertz CT molecular complexity index is 191. The average Bonchev–Trinajstić information content (AvgIpc) is 1.99. The summed E-state index contributed by atoms with van der Waals surface area (Å²) in [4.78, 5) is 10.7. The molecule has 0 saturated heterocycles. The third kappa shape index (κ3) is 7.17. The van der Waals surface area contributed by atoms with Gasteiger partial charge in [0.15, 0.2) is 0 Å². The molecule has 76 valence electrons. The molecule has 6 heteroatoms. The van der Waals surface area contributed by atoms with Crippen LogP contribution in [0.25, 0.3) is 0 Å². The number of halogens is 3. The molecular formula is C7H11F3N2O. The normalized spacial score (nSPS) is 13.2. The smallest absolute Gasteiger partial charge is 0.332 e. The first kappa shape index (κ1) is 11.8. The third-order valence-corrected chi connectivity index (χ3v) is 1.16. The molecule has 0 rings (SSSR count). The van der Waals surface area contributed by atoms with Gasteiger partial charge in [-0.1, -0.05) is 6.08 Å². The van der Waals surface area contributed by atoms with E-state index in [0.717, 1.165) is 0 Å². The Balaban J connectivity index is 3.70. The predicted octanol–water partition coefficient (Wildman–Crippen LogP) is 1.42. The molecule has 0 saturated carbocycles. The van der Waals surface area contributed by atoms with E-state index in [1.54, 1.807) is 12.2 Å². The fraction of sp³-hybridized carbons (Fsp3) is 0.571. The lowest BCUT2D eigenvalue weighted by Crippen LogP contribution is -2.43. The van der Waals surface area contributed by atoms with Crippen molar-refractivity contribution in [1.29, 1.82) is 0 Å². The number of amides is 2. The molecule has 0 spiro atoms. The molecule has 0 aliphatic rings. The number of hydrogen-bond acceptors (Lipinski definition) is 1. The Morgan fingerprint density at radius 3 is 2.54 bits per heavy atom. The van der Waals surface area contributed by atoms with E-state index < -0.39 is 18.8 Å². The van der Waals surface area contributed by atoms with Crippen molar-refractivity contribution in [2.24, 2.45) is 0 Å². The summed E-state index contributed by atoms with van der Waals surface area (Å²) in [6.45, 7) is 3.62. The van der Waals surface area contributed by atoms with Gasteiger partial charge < -0.3 is 10.6 Å². The molecule has 0 aliphatic heterocycles. The molecule has 2 amide bonds. The van der Waals surface area contributed by atoms with Gasteiger partial charge in [0, 0.05) is 6.04 Å². The molecule has 0 aliphatic carbocycles. The Morgan fingerprint density at radius 2 is 2.15 bits per heavy atom. The van der Waals surface area contributed by atoms with E-state index in [9.17, 15) is 18.0 Å². The minimum atomic E-state index is -4.38. The maximum Gasteiger partial charge on any atom is 0.405 e. The van der Waals surface area contributed by atoms with Crippen LogP contribution in [0.3, 0.4) is 0 Å². The third-order valence-electron chi connectivity index (χ3n) is 1.16. The van der Waals surface area contributed by atoms with Crippen LogP contribution in [0.15, 0.2) is 12.7 Å². The van der Waals surface area contributed by atoms with Crippen molar-refractivity contribution >= 4 is 6.03 Å². The SMILES string of the molecule is C=CC(C)NC(=O)NCC(F)(F)F. The van der Waals surface area contributed by atoms with Crippen LogP contribution < -0.4 is 10.6 Å². The van der Waals surface area contributed by atoms with E-state index in [2.05, 4.69) is 11.9 Å². The fourth-order valence-electron chi connectivity index (χ4n) is 0.497. The summed E-state index contributed by atoms with van der Waals surface area (Å²) in [7, 11) is 0. The number of alkyl halides is 3. The Morgan fingerprint density at radius 1 is 1.62 bits per heavy atom. The highest BCUT2D eigenvalue weighted by atomic mass is 19.4. The van der Waals surface area contributed by atoms with Crippen molar-refractivity contribution in [2.45, 2.75) is 19.1 Å². The summed E-state index contributed by atoms with van der Waals surface area (Å²) in [5, 5.41) is 3.90. The minimum Gasteiger partial charge on any atom is -0.332 e. The van der Waals surface area contributed by atoms with Crippen LogP contribution in [0.1, 0.15) is 6.92 Å². The van der Waals surface area contributed by atoms with Crippen LogP contribution in [0.5, 0.6) is 0 Å². The number of carbonyl (C=O) groups excluding carboxylic acids is 1. The molecule has 3 nitrogen and oxygen atoms in total. The molecule has 0 fully saturated rings. The summed E-state index contributed by atoms with van der Waals surface area (Å²) >= 11 is 0. The van der Waals surface area contributed by atoms with E-state index in [-0.39, 0.29) is 6.04 Å².